The number of hydrogen-bond donors (Lipinski definition) is 0. The van der Waals surface area contributed by atoms with E-state index >= 15 is 0 Å². The van der Waals surface area contributed by atoms with Crippen molar-refractivity contribution in [3.8, 4) is 33.4 Å². The van der Waals surface area contributed by atoms with Crippen LogP contribution in [-0.4, -0.2) is 0 Å². The number of nitrogens with zero attached hydrogens (tertiary/aromatic N) is 1. The molecule has 0 aliphatic carbocycles. The minimum Gasteiger partial charge on any atom is -0.456 e. The zero-order valence-corrected chi connectivity index (χ0v) is 32.0. The summed E-state index contributed by atoms with van der Waals surface area (Å²) in [6.07, 6.45) is 0. The molecule has 3 nitrogen and oxygen atoms in total. The summed E-state index contributed by atoms with van der Waals surface area (Å²) in [5.41, 5.74) is 13.4. The van der Waals surface area contributed by atoms with E-state index < -0.39 is 0 Å². The second-order valence-electron chi connectivity index (χ2n) is 14.8. The summed E-state index contributed by atoms with van der Waals surface area (Å²) < 4.78 is 15.7. The molecule has 0 N–H and O–H groups in total. The molecule has 4 heteroatoms. The first-order valence-corrected chi connectivity index (χ1v) is 20.4. The molecular weight excluding hydrogens is 727 g/mol. The highest BCUT2D eigenvalue weighted by Crippen LogP contribution is 2.52. The molecule has 0 fully saturated rings. The zero-order valence-electron chi connectivity index (χ0n) is 31.2. The van der Waals surface area contributed by atoms with Gasteiger partial charge in [-0.2, -0.15) is 0 Å². The lowest BCUT2D eigenvalue weighted by Gasteiger charge is -2.29. The van der Waals surface area contributed by atoms with Crippen molar-refractivity contribution in [2.24, 2.45) is 0 Å². The normalized spacial score (nSPS) is 11.8. The lowest BCUT2D eigenvalue weighted by molar-refractivity contribution is 0.668. The fourth-order valence-electron chi connectivity index (χ4n) is 8.89. The third-order valence-corrected chi connectivity index (χ3v) is 12.6. The molecule has 272 valence electrons. The molecule has 0 aliphatic rings. The topological polar surface area (TPSA) is 29.5 Å². The van der Waals surface area contributed by atoms with Gasteiger partial charge in [0.05, 0.1) is 11.1 Å². The third kappa shape index (κ3) is 5.12. The quantitative estimate of drug-likeness (QED) is 0.169. The van der Waals surface area contributed by atoms with E-state index in [1.54, 1.807) is 0 Å². The molecule has 58 heavy (non-hydrogen) atoms. The van der Waals surface area contributed by atoms with E-state index in [1.165, 1.54) is 31.3 Å². The number of furan rings is 2. The lowest BCUT2D eigenvalue weighted by atomic mass is 9.88. The van der Waals surface area contributed by atoms with Gasteiger partial charge < -0.3 is 13.7 Å². The summed E-state index contributed by atoms with van der Waals surface area (Å²) in [7, 11) is 0. The van der Waals surface area contributed by atoms with Gasteiger partial charge in [-0.05, 0) is 89.0 Å². The van der Waals surface area contributed by atoms with Crippen molar-refractivity contribution in [2.75, 3.05) is 4.90 Å². The van der Waals surface area contributed by atoms with Gasteiger partial charge in [-0.1, -0.05) is 133 Å². The van der Waals surface area contributed by atoms with Crippen LogP contribution < -0.4 is 4.90 Å². The average molecular weight is 760 g/mol. The van der Waals surface area contributed by atoms with Crippen LogP contribution in [-0.2, 0) is 0 Å². The number of benzene rings is 9. The summed E-state index contributed by atoms with van der Waals surface area (Å²) in [5.74, 6) is 0. The molecule has 0 aliphatic heterocycles. The fourth-order valence-corrected chi connectivity index (χ4v) is 10.0. The maximum atomic E-state index is 6.68. The van der Waals surface area contributed by atoms with Gasteiger partial charge in [-0.25, -0.2) is 0 Å². The minimum absolute atomic E-state index is 0.838. The number of thiophene rings is 1. The second-order valence-corrected chi connectivity index (χ2v) is 15.9. The predicted octanol–water partition coefficient (Wildman–Crippen LogP) is 16.3. The molecule has 0 radical (unpaired) electrons. The largest absolute Gasteiger partial charge is 0.456 e. The first-order valence-electron chi connectivity index (χ1n) is 19.6. The van der Waals surface area contributed by atoms with Crippen molar-refractivity contribution in [3.63, 3.8) is 0 Å². The molecule has 0 unspecified atom stereocenters. The molecule has 9 aromatic carbocycles. The Bertz CT molecular complexity index is 3500. The number of hydrogen-bond acceptors (Lipinski definition) is 4. The summed E-state index contributed by atoms with van der Waals surface area (Å²) in [5, 5.41) is 6.88. The Labute approximate surface area is 338 Å². The van der Waals surface area contributed by atoms with Crippen LogP contribution in [0.4, 0.5) is 17.1 Å². The van der Waals surface area contributed by atoms with Gasteiger partial charge in [0, 0.05) is 58.8 Å². The highest BCUT2D eigenvalue weighted by atomic mass is 32.1. The summed E-state index contributed by atoms with van der Waals surface area (Å²) in [4.78, 5) is 2.45. The molecule has 3 aromatic heterocycles. The van der Waals surface area contributed by atoms with Crippen LogP contribution in [0.3, 0.4) is 0 Å². The van der Waals surface area contributed by atoms with Crippen molar-refractivity contribution >= 4 is 92.4 Å². The minimum atomic E-state index is 0.838. The van der Waals surface area contributed by atoms with Crippen LogP contribution >= 0.6 is 11.3 Å². The molecular formula is C54H33NO2S. The number of fused-ring (bicyclic) bond motifs is 9. The highest BCUT2D eigenvalue weighted by molar-refractivity contribution is 7.25. The van der Waals surface area contributed by atoms with Crippen LogP contribution in [0, 0.1) is 0 Å². The molecule has 0 bridgehead atoms. The number of anilines is 3. The van der Waals surface area contributed by atoms with Gasteiger partial charge in [-0.3, -0.25) is 0 Å². The van der Waals surface area contributed by atoms with E-state index in [9.17, 15) is 0 Å². The fraction of sp³-hybridized carbons (Fsp3) is 0. The molecule has 3 heterocycles. The third-order valence-electron chi connectivity index (χ3n) is 11.5. The standard InChI is InChI=1S/C54H33NO2S/c1-3-13-34(14-4-1)35-23-25-37(26-24-35)55(38-27-28-40-39-17-9-12-22-49(39)58-50(40)33-38)54-42(30-32-48-53(54)44-19-8-11-21-46(44)57-48)41-29-31-47-52(43-18-7-10-20-45(43)56-47)51(41)36-15-5-2-6-16-36/h1-33H. The average Bonchev–Trinajstić information content (AvgIpc) is 3.98. The maximum absolute atomic E-state index is 6.68. The van der Waals surface area contributed by atoms with Crippen molar-refractivity contribution in [1.82, 2.24) is 0 Å². The van der Waals surface area contributed by atoms with Gasteiger partial charge in [-0.15, -0.1) is 11.3 Å². The van der Waals surface area contributed by atoms with E-state index in [-0.39, 0.29) is 0 Å². The number of para-hydroxylation sites is 2. The van der Waals surface area contributed by atoms with Crippen molar-refractivity contribution in [2.45, 2.75) is 0 Å². The van der Waals surface area contributed by atoms with Gasteiger partial charge in [0.1, 0.15) is 22.3 Å². The molecule has 0 spiro atoms. The molecule has 0 saturated carbocycles. The first-order chi connectivity index (χ1) is 28.8. The van der Waals surface area contributed by atoms with Crippen LogP contribution in [0.15, 0.2) is 209 Å². The number of rotatable bonds is 6. The smallest absolute Gasteiger partial charge is 0.137 e. The predicted molar refractivity (Wildman–Crippen MR) is 245 cm³/mol. The van der Waals surface area contributed by atoms with Crippen LogP contribution in [0.2, 0.25) is 0 Å². The van der Waals surface area contributed by atoms with Crippen LogP contribution in [0.25, 0.3) is 97.4 Å². The Hall–Kier alpha value is -7.40. The Balaban J connectivity index is 1.21. The van der Waals surface area contributed by atoms with Crippen molar-refractivity contribution < 1.29 is 8.83 Å². The maximum Gasteiger partial charge on any atom is 0.137 e. The second kappa shape index (κ2) is 13.1. The Kier molecular flexibility index (Phi) is 7.40. The molecule has 0 atom stereocenters. The molecule has 12 aromatic rings. The van der Waals surface area contributed by atoms with Gasteiger partial charge in [0.15, 0.2) is 0 Å². The van der Waals surface area contributed by atoms with Crippen LogP contribution in [0.5, 0.6) is 0 Å². The first kappa shape index (κ1) is 32.8. The van der Waals surface area contributed by atoms with Gasteiger partial charge in [0.2, 0.25) is 0 Å². The molecule has 0 saturated heterocycles. The van der Waals surface area contributed by atoms with Gasteiger partial charge in [0.25, 0.3) is 0 Å². The lowest BCUT2D eigenvalue weighted by Crippen LogP contribution is -2.12. The monoisotopic (exact) mass is 759 g/mol. The Morgan fingerprint density at radius 2 is 0.879 bits per heavy atom. The highest BCUT2D eigenvalue weighted by Gasteiger charge is 2.27. The van der Waals surface area contributed by atoms with Crippen molar-refractivity contribution in [1.29, 1.82) is 0 Å². The van der Waals surface area contributed by atoms with Crippen molar-refractivity contribution in [3.05, 3.63) is 200 Å². The van der Waals surface area contributed by atoms with Crippen LogP contribution in [0.1, 0.15) is 0 Å². The molecule has 0 amide bonds. The summed E-state index contributed by atoms with van der Waals surface area (Å²) in [6.45, 7) is 0. The Morgan fingerprint density at radius 1 is 0.345 bits per heavy atom. The molecule has 12 rings (SSSR count). The van der Waals surface area contributed by atoms with E-state index in [4.69, 9.17) is 8.83 Å². The van der Waals surface area contributed by atoms with E-state index in [1.807, 2.05) is 23.5 Å². The zero-order chi connectivity index (χ0) is 38.2. The van der Waals surface area contributed by atoms with E-state index in [2.05, 4.69) is 193 Å². The summed E-state index contributed by atoms with van der Waals surface area (Å²) >= 11 is 1.84. The van der Waals surface area contributed by atoms with Gasteiger partial charge >= 0.3 is 0 Å². The van der Waals surface area contributed by atoms with E-state index in [0.29, 0.717) is 0 Å². The SMILES string of the molecule is c1ccc(-c2ccc(N(c3ccc4c(c3)sc3ccccc34)c3c(-c4ccc5oc6ccccc6c5c4-c4ccccc4)ccc4oc5ccccc5c34)cc2)cc1. The Morgan fingerprint density at radius 3 is 1.60 bits per heavy atom. The summed E-state index contributed by atoms with van der Waals surface area (Å²) in [6, 6.07) is 71.5. The van der Waals surface area contributed by atoms with E-state index in [0.717, 1.165) is 83.2 Å².